The lowest BCUT2D eigenvalue weighted by Gasteiger charge is -2.20. The van der Waals surface area contributed by atoms with Gasteiger partial charge in [-0.15, -0.1) is 0 Å². The molecule has 1 aromatic rings. The lowest BCUT2D eigenvalue weighted by atomic mass is 9.88. The van der Waals surface area contributed by atoms with Crippen LogP contribution in [-0.2, 0) is 6.42 Å². The molecule has 2 rings (SSSR count). The van der Waals surface area contributed by atoms with Gasteiger partial charge in [0.1, 0.15) is 5.82 Å². The molecule has 0 amide bonds. The van der Waals surface area contributed by atoms with Crippen molar-refractivity contribution in [3.63, 3.8) is 0 Å². The van der Waals surface area contributed by atoms with Gasteiger partial charge in [0, 0.05) is 24.4 Å². The van der Waals surface area contributed by atoms with Crippen LogP contribution in [0.5, 0.6) is 0 Å². The zero-order chi connectivity index (χ0) is 12.1. The summed E-state index contributed by atoms with van der Waals surface area (Å²) < 4.78 is 0. The van der Waals surface area contributed by atoms with Gasteiger partial charge in [-0.25, -0.2) is 9.97 Å². The second-order valence-electron chi connectivity index (χ2n) is 5.16. The van der Waals surface area contributed by atoms with Crippen molar-refractivity contribution in [1.82, 2.24) is 9.97 Å². The Labute approximate surface area is 104 Å². The fourth-order valence-electron chi connectivity index (χ4n) is 2.49. The fourth-order valence-corrected chi connectivity index (χ4v) is 2.49. The third-order valence-electron chi connectivity index (χ3n) is 3.72. The van der Waals surface area contributed by atoms with E-state index < -0.39 is 0 Å². The van der Waals surface area contributed by atoms with Crippen LogP contribution in [0.3, 0.4) is 0 Å². The van der Waals surface area contributed by atoms with Gasteiger partial charge in [-0.1, -0.05) is 26.2 Å². The van der Waals surface area contributed by atoms with Crippen LogP contribution in [0, 0.1) is 0 Å². The molecule has 1 fully saturated rings. The summed E-state index contributed by atoms with van der Waals surface area (Å²) in [5.41, 5.74) is 7.10. The quantitative estimate of drug-likeness (QED) is 0.870. The Morgan fingerprint density at radius 2 is 1.88 bits per heavy atom. The zero-order valence-corrected chi connectivity index (χ0v) is 10.7. The molecular weight excluding hydrogens is 210 g/mol. The highest BCUT2D eigenvalue weighted by molar-refractivity contribution is 5.09. The first-order chi connectivity index (χ1) is 8.29. The summed E-state index contributed by atoms with van der Waals surface area (Å²) in [7, 11) is 0. The number of rotatable bonds is 4. The molecule has 0 aliphatic heterocycles. The predicted octanol–water partition coefficient (Wildman–Crippen LogP) is 2.80. The number of nitrogens with zero attached hydrogens (tertiary/aromatic N) is 2. The summed E-state index contributed by atoms with van der Waals surface area (Å²) in [6.07, 6.45) is 12.4. The smallest absolute Gasteiger partial charge is 0.131 e. The predicted molar refractivity (Wildman–Crippen MR) is 69.8 cm³/mol. The molecule has 0 radical (unpaired) electrons. The van der Waals surface area contributed by atoms with Crippen molar-refractivity contribution in [2.24, 2.45) is 5.73 Å². The maximum absolute atomic E-state index is 5.93. The zero-order valence-electron chi connectivity index (χ0n) is 10.7. The van der Waals surface area contributed by atoms with Crippen LogP contribution < -0.4 is 5.73 Å². The van der Waals surface area contributed by atoms with Crippen LogP contribution in [0.4, 0.5) is 0 Å². The highest BCUT2D eigenvalue weighted by Crippen LogP contribution is 2.30. The van der Waals surface area contributed by atoms with E-state index in [0.29, 0.717) is 5.92 Å². The third kappa shape index (κ3) is 3.50. The molecule has 1 unspecified atom stereocenters. The molecule has 2 N–H and O–H groups in total. The summed E-state index contributed by atoms with van der Waals surface area (Å²) >= 11 is 0. The van der Waals surface area contributed by atoms with Crippen molar-refractivity contribution in [3.05, 3.63) is 23.8 Å². The third-order valence-corrected chi connectivity index (χ3v) is 3.72. The summed E-state index contributed by atoms with van der Waals surface area (Å²) in [5, 5.41) is 0. The standard InChI is InChI=1S/C14H23N3/c1-2-13(15)8-11-9-16-14(17-10-11)12-6-4-3-5-7-12/h9-10,12-13H,2-8,15H2,1H3. The van der Waals surface area contributed by atoms with E-state index in [0.717, 1.165) is 18.7 Å². The number of hydrogen-bond acceptors (Lipinski definition) is 3. The molecule has 1 aliphatic rings. The SMILES string of the molecule is CCC(N)Cc1cnc(C2CCCCC2)nc1. The average molecular weight is 233 g/mol. The summed E-state index contributed by atoms with van der Waals surface area (Å²) in [4.78, 5) is 9.05. The van der Waals surface area contributed by atoms with E-state index in [1.165, 1.54) is 37.7 Å². The molecule has 17 heavy (non-hydrogen) atoms. The fraction of sp³-hybridized carbons (Fsp3) is 0.714. The van der Waals surface area contributed by atoms with Gasteiger partial charge < -0.3 is 5.73 Å². The number of hydrogen-bond donors (Lipinski definition) is 1. The minimum atomic E-state index is 0.235. The Morgan fingerprint density at radius 1 is 1.24 bits per heavy atom. The second kappa shape index (κ2) is 6.10. The van der Waals surface area contributed by atoms with Crippen molar-refractivity contribution in [2.75, 3.05) is 0 Å². The average Bonchev–Trinajstić information content (AvgIpc) is 2.40. The first kappa shape index (κ1) is 12.5. The monoisotopic (exact) mass is 233 g/mol. The topological polar surface area (TPSA) is 51.8 Å². The molecule has 0 bridgehead atoms. The van der Waals surface area contributed by atoms with Crippen molar-refractivity contribution >= 4 is 0 Å². The van der Waals surface area contributed by atoms with Gasteiger partial charge in [-0.3, -0.25) is 0 Å². The van der Waals surface area contributed by atoms with Crippen molar-refractivity contribution in [3.8, 4) is 0 Å². The Hall–Kier alpha value is -0.960. The molecule has 1 aromatic heterocycles. The van der Waals surface area contributed by atoms with Gasteiger partial charge in [-0.2, -0.15) is 0 Å². The van der Waals surface area contributed by atoms with Crippen molar-refractivity contribution in [2.45, 2.75) is 63.8 Å². The van der Waals surface area contributed by atoms with Crippen molar-refractivity contribution < 1.29 is 0 Å². The van der Waals surface area contributed by atoms with Crippen LogP contribution in [0.1, 0.15) is 62.8 Å². The summed E-state index contributed by atoms with van der Waals surface area (Å²) in [6.45, 7) is 2.11. The summed E-state index contributed by atoms with van der Waals surface area (Å²) in [5.74, 6) is 1.64. The molecule has 1 atom stereocenters. The van der Waals surface area contributed by atoms with Gasteiger partial charge in [0.2, 0.25) is 0 Å². The van der Waals surface area contributed by atoms with Gasteiger partial charge in [0.25, 0.3) is 0 Å². The Morgan fingerprint density at radius 3 is 2.47 bits per heavy atom. The molecule has 1 aliphatic carbocycles. The maximum atomic E-state index is 5.93. The molecule has 0 saturated heterocycles. The van der Waals surface area contributed by atoms with Crippen LogP contribution in [0.2, 0.25) is 0 Å². The lowest BCUT2D eigenvalue weighted by Crippen LogP contribution is -2.21. The van der Waals surface area contributed by atoms with Gasteiger partial charge in [0.15, 0.2) is 0 Å². The van der Waals surface area contributed by atoms with Gasteiger partial charge in [-0.05, 0) is 31.2 Å². The number of nitrogens with two attached hydrogens (primary N) is 1. The Bertz CT molecular complexity index is 328. The molecule has 0 aromatic carbocycles. The van der Waals surface area contributed by atoms with Crippen LogP contribution in [0.15, 0.2) is 12.4 Å². The van der Waals surface area contributed by atoms with Crippen LogP contribution in [0.25, 0.3) is 0 Å². The molecule has 94 valence electrons. The molecule has 0 spiro atoms. The van der Waals surface area contributed by atoms with E-state index in [9.17, 15) is 0 Å². The first-order valence-corrected chi connectivity index (χ1v) is 6.86. The molecule has 3 heteroatoms. The minimum absolute atomic E-state index is 0.235. The van der Waals surface area contributed by atoms with Crippen LogP contribution >= 0.6 is 0 Å². The molecule has 3 nitrogen and oxygen atoms in total. The van der Waals surface area contributed by atoms with Gasteiger partial charge in [0.05, 0.1) is 0 Å². The van der Waals surface area contributed by atoms with E-state index >= 15 is 0 Å². The van der Waals surface area contributed by atoms with E-state index in [1.807, 2.05) is 12.4 Å². The lowest BCUT2D eigenvalue weighted by molar-refractivity contribution is 0.428. The largest absolute Gasteiger partial charge is 0.327 e. The van der Waals surface area contributed by atoms with Crippen LogP contribution in [-0.4, -0.2) is 16.0 Å². The van der Waals surface area contributed by atoms with Crippen molar-refractivity contribution in [1.29, 1.82) is 0 Å². The molecular formula is C14H23N3. The van der Waals surface area contributed by atoms with Gasteiger partial charge >= 0.3 is 0 Å². The van der Waals surface area contributed by atoms with E-state index in [4.69, 9.17) is 5.73 Å². The number of aromatic nitrogens is 2. The highest BCUT2D eigenvalue weighted by Gasteiger charge is 2.17. The highest BCUT2D eigenvalue weighted by atomic mass is 14.9. The second-order valence-corrected chi connectivity index (χ2v) is 5.16. The Kier molecular flexibility index (Phi) is 4.49. The Balaban J connectivity index is 1.97. The first-order valence-electron chi connectivity index (χ1n) is 6.86. The molecule has 1 saturated carbocycles. The normalized spacial score (nSPS) is 19.2. The van der Waals surface area contributed by atoms with E-state index in [-0.39, 0.29) is 6.04 Å². The van der Waals surface area contributed by atoms with E-state index in [1.54, 1.807) is 0 Å². The van der Waals surface area contributed by atoms with E-state index in [2.05, 4.69) is 16.9 Å². The minimum Gasteiger partial charge on any atom is -0.327 e. The summed E-state index contributed by atoms with van der Waals surface area (Å²) in [6, 6.07) is 0.235. The maximum Gasteiger partial charge on any atom is 0.131 e. The molecule has 1 heterocycles.